The van der Waals surface area contributed by atoms with Crippen LogP contribution in [0.15, 0.2) is 94.7 Å². The quantitative estimate of drug-likeness (QED) is 0.160. The van der Waals surface area contributed by atoms with Gasteiger partial charge in [0.05, 0.1) is 23.3 Å². The Bertz CT molecular complexity index is 2310. The molecule has 0 N–H and O–H groups in total. The largest absolute Gasteiger partial charge is 2.00 e. The van der Waals surface area contributed by atoms with Gasteiger partial charge in [-0.15, -0.1) is 0 Å². The van der Waals surface area contributed by atoms with Crippen LogP contribution in [0.25, 0.3) is 89.7 Å². The van der Waals surface area contributed by atoms with E-state index in [0.29, 0.717) is 55.7 Å². The predicted molar refractivity (Wildman–Crippen MR) is 165 cm³/mol. The van der Waals surface area contributed by atoms with E-state index in [1.807, 2.05) is 84.9 Å². The van der Waals surface area contributed by atoms with Crippen LogP contribution in [0.5, 0.6) is 0 Å². The Morgan fingerprint density at radius 3 is 1.04 bits per heavy atom. The molecule has 8 nitrogen and oxygen atoms in total. The fourth-order valence-corrected chi connectivity index (χ4v) is 5.89. The molecule has 0 aliphatic carbocycles. The fourth-order valence-electron chi connectivity index (χ4n) is 5.52. The first-order valence-corrected chi connectivity index (χ1v) is 13.9. The minimum atomic E-state index is 0. The van der Waals surface area contributed by atoms with Crippen LogP contribution in [0, 0.1) is 0 Å². The van der Waals surface area contributed by atoms with Crippen molar-refractivity contribution in [2.24, 2.45) is 0 Å². The molecule has 0 saturated carbocycles. The topological polar surface area (TPSA) is 106 Å². The zero-order valence-corrected chi connectivity index (χ0v) is 30.4. The molecule has 13 heteroatoms. The van der Waals surface area contributed by atoms with Crippen molar-refractivity contribution < 1.29 is 76.2 Å². The van der Waals surface area contributed by atoms with E-state index in [4.69, 9.17) is 65.1 Å². The zero-order valence-electron chi connectivity index (χ0n) is 23.8. The summed E-state index contributed by atoms with van der Waals surface area (Å²) in [6, 6.07) is 27.1. The van der Waals surface area contributed by atoms with E-state index in [-0.39, 0.29) is 76.2 Å². The van der Waals surface area contributed by atoms with Crippen LogP contribution in [0.3, 0.4) is 0 Å². The van der Waals surface area contributed by atoms with E-state index < -0.39 is 0 Å². The van der Waals surface area contributed by atoms with Crippen LogP contribution < -0.4 is 69.1 Å². The summed E-state index contributed by atoms with van der Waals surface area (Å²) in [6.07, 6.45) is 0. The Kier molecular flexibility index (Phi) is 8.88. The first-order valence-electron chi connectivity index (χ1n) is 13.1. The van der Waals surface area contributed by atoms with Gasteiger partial charge in [-0.05, 0) is 21.5 Å². The van der Waals surface area contributed by atoms with Gasteiger partial charge in [0.2, 0.25) is 0 Å². The Balaban J connectivity index is 0.00000119. The maximum absolute atomic E-state index is 5.50. The Morgan fingerprint density at radius 1 is 0.400 bits per heavy atom. The molecule has 4 aromatic carbocycles. The molecule has 3 aromatic heterocycles. The molecule has 5 heterocycles. The van der Waals surface area contributed by atoms with E-state index in [1.165, 1.54) is 0 Å². The summed E-state index contributed by atoms with van der Waals surface area (Å²) in [5, 5.41) is 3.24. The summed E-state index contributed by atoms with van der Waals surface area (Å²) in [7, 11) is 0. The molecule has 0 atom stereocenters. The normalized spacial score (nSPS) is 11.2. The molecule has 207 valence electrons. The molecule has 0 spiro atoms. The molecule has 0 unspecified atom stereocenters. The first-order chi connectivity index (χ1) is 20.6. The fraction of sp³-hybridized carbons (Fsp3) is 0. The van der Waals surface area contributed by atoms with E-state index in [1.54, 1.807) is 0 Å². The van der Waals surface area contributed by atoms with Crippen molar-refractivity contribution in [1.82, 2.24) is 39.9 Å². The smallest absolute Gasteiger partial charge is 0.780 e. The summed E-state index contributed by atoms with van der Waals surface area (Å²) >= 11 is 11.0. The Hall–Kier alpha value is -2.80. The molecule has 45 heavy (non-hydrogen) atoms. The number of hydrogen-bond donors (Lipinski definition) is 0. The third-order valence-electron chi connectivity index (χ3n) is 7.46. The van der Waals surface area contributed by atoms with E-state index in [0.717, 1.165) is 43.8 Å². The van der Waals surface area contributed by atoms with Gasteiger partial charge in [0.1, 0.15) is 0 Å². The van der Waals surface area contributed by atoms with Gasteiger partial charge in [-0.1, -0.05) is 84.9 Å². The molecule has 0 fully saturated rings. The predicted octanol–water partition coefficient (Wildman–Crippen LogP) is -0.0555. The molecule has 0 amide bonds. The van der Waals surface area contributed by atoms with Crippen molar-refractivity contribution in [2.75, 3.05) is 0 Å². The minimum Gasteiger partial charge on any atom is -0.780 e. The number of hydrogen-bond acceptors (Lipinski definition) is 8. The molecular formula is C32H14CuN8Na2S2. The van der Waals surface area contributed by atoms with Gasteiger partial charge < -0.3 is 55.2 Å². The molecule has 2 aliphatic rings. The number of nitrogens with zero attached hydrogens (tertiary/aromatic N) is 8. The van der Waals surface area contributed by atoms with Gasteiger partial charge in [0, 0.05) is 44.8 Å². The van der Waals surface area contributed by atoms with Crippen LogP contribution in [0.1, 0.15) is 0 Å². The Labute approximate surface area is 322 Å². The van der Waals surface area contributed by atoms with Crippen LogP contribution in [-0.4, -0.2) is 29.9 Å². The van der Waals surface area contributed by atoms with Crippen LogP contribution in [-0.2, 0) is 42.3 Å². The van der Waals surface area contributed by atoms with Crippen LogP contribution in [0.4, 0.5) is 0 Å². The molecule has 8 bridgehead atoms. The number of benzene rings is 4. The van der Waals surface area contributed by atoms with Gasteiger partial charge in [-0.2, -0.15) is 9.79 Å². The van der Waals surface area contributed by atoms with E-state index >= 15 is 0 Å². The van der Waals surface area contributed by atoms with Crippen LogP contribution in [0.2, 0.25) is 0 Å². The van der Waals surface area contributed by atoms with Crippen molar-refractivity contribution in [3.63, 3.8) is 0 Å². The molecule has 9 rings (SSSR count). The third kappa shape index (κ3) is 5.31. The van der Waals surface area contributed by atoms with Crippen molar-refractivity contribution in [2.45, 2.75) is 9.79 Å². The summed E-state index contributed by atoms with van der Waals surface area (Å²) in [6.45, 7) is 0. The van der Waals surface area contributed by atoms with Crippen molar-refractivity contribution >= 4 is 69.4 Å². The van der Waals surface area contributed by atoms with E-state index in [9.17, 15) is 0 Å². The number of fused-ring (bicyclic) bond motifs is 20. The SMILES string of the molecule is [Cu+2].[Na+].[Na+].[S-]c1ccc2c3nc4nc(nc5[n-]c(nc6nc(nc([n-]3)c2c1)-c1ccccc1-6)c1ccc([S-])cc51)-c1ccccc1-4. The standard InChI is InChI=1S/C32H16N8S2.Cu.2Na/c41-15-9-11-21-23(13-15)32-38-28-20-8-4-2-6-18(20)26(34-28)36-30-22-12-10-16(42)14-24(22)31(40-30)37-27-19-7-3-1-5-17(19)25(33-27)35-29(21)39-32;;;/h1-14H,(H2-2,33,34,35,36,37,38,39,40,41,42);;;/q-2;+2;2*+1/p-2. The molecule has 1 radical (unpaired) electrons. The number of aromatic nitrogens is 8. The second-order valence-electron chi connectivity index (χ2n) is 9.99. The molecular weight excluding hydrogens is 670 g/mol. The second-order valence-corrected chi connectivity index (χ2v) is 10.9. The van der Waals surface area contributed by atoms with Gasteiger partial charge >= 0.3 is 76.2 Å². The molecule has 0 saturated heterocycles. The minimum absolute atomic E-state index is 0. The molecule has 7 aromatic rings. The van der Waals surface area contributed by atoms with Gasteiger partial charge in [-0.25, -0.2) is 9.97 Å². The maximum Gasteiger partial charge on any atom is 2.00 e. The summed E-state index contributed by atoms with van der Waals surface area (Å²) in [5.74, 6) is 2.03. The third-order valence-corrected chi connectivity index (χ3v) is 7.97. The Morgan fingerprint density at radius 2 is 0.711 bits per heavy atom. The second kappa shape index (κ2) is 12.4. The van der Waals surface area contributed by atoms with Crippen LogP contribution >= 0.6 is 0 Å². The zero-order chi connectivity index (χ0) is 27.9. The monoisotopic (exact) mass is 683 g/mol. The van der Waals surface area contributed by atoms with Crippen molar-refractivity contribution in [1.29, 1.82) is 0 Å². The van der Waals surface area contributed by atoms with Gasteiger partial charge in [0.15, 0.2) is 0 Å². The summed E-state index contributed by atoms with van der Waals surface area (Å²) in [5.41, 5.74) is 5.37. The average molecular weight is 684 g/mol. The number of rotatable bonds is 0. The summed E-state index contributed by atoms with van der Waals surface area (Å²) in [4.78, 5) is 40.6. The maximum atomic E-state index is 5.50. The molecule has 2 aliphatic heterocycles. The van der Waals surface area contributed by atoms with Crippen molar-refractivity contribution in [3.05, 3.63) is 84.9 Å². The van der Waals surface area contributed by atoms with Gasteiger partial charge in [0.25, 0.3) is 0 Å². The first kappa shape index (κ1) is 32.2. The summed E-state index contributed by atoms with van der Waals surface area (Å²) < 4.78 is 0. The van der Waals surface area contributed by atoms with E-state index in [2.05, 4.69) is 0 Å². The average Bonchev–Trinajstić information content (AvgIpc) is 3.72. The van der Waals surface area contributed by atoms with Gasteiger partial charge in [-0.3, -0.25) is 0 Å². The van der Waals surface area contributed by atoms with Crippen molar-refractivity contribution in [3.8, 4) is 45.6 Å².